The lowest BCUT2D eigenvalue weighted by Crippen LogP contribution is -2.14. The fourth-order valence-electron chi connectivity index (χ4n) is 1.78. The molecule has 1 saturated carbocycles. The molecule has 2 rings (SSSR count). The third-order valence-corrected chi connectivity index (χ3v) is 3.38. The van der Waals surface area contributed by atoms with Crippen LogP contribution in [0, 0.1) is 6.92 Å². The Hall–Kier alpha value is -0.830. The van der Waals surface area contributed by atoms with E-state index in [9.17, 15) is 0 Å². The van der Waals surface area contributed by atoms with Crippen molar-refractivity contribution in [1.29, 1.82) is 0 Å². The van der Waals surface area contributed by atoms with Crippen molar-refractivity contribution in [2.24, 2.45) is 0 Å². The highest BCUT2D eigenvalue weighted by Crippen LogP contribution is 2.39. The fourth-order valence-corrected chi connectivity index (χ4v) is 1.95. The van der Waals surface area contributed by atoms with E-state index in [-0.39, 0.29) is 6.10 Å². The van der Waals surface area contributed by atoms with Crippen LogP contribution < -0.4 is 4.74 Å². The first-order chi connectivity index (χ1) is 8.11. The molecule has 1 fully saturated rings. The van der Waals surface area contributed by atoms with Gasteiger partial charge in [0.15, 0.2) is 0 Å². The predicted octanol–water partition coefficient (Wildman–Crippen LogP) is 3.88. The maximum Gasteiger partial charge on any atom is 0.221 e. The lowest BCUT2D eigenvalue weighted by Gasteiger charge is -2.15. The van der Waals surface area contributed by atoms with Gasteiger partial charge in [-0.25, -0.2) is 4.98 Å². The van der Waals surface area contributed by atoms with Crippen molar-refractivity contribution in [2.75, 3.05) is 0 Å². The van der Waals surface area contributed by atoms with Gasteiger partial charge < -0.3 is 4.74 Å². The molecule has 0 N–H and O–H groups in total. The van der Waals surface area contributed by atoms with E-state index in [0.29, 0.717) is 17.0 Å². The standard InChI is InChI=1S/C13H19ClN2O/c1-4-5-8(2)17-13-9(3)11(14)15-12(16-13)10-6-7-10/h8,10H,4-7H2,1-3H3. The molecular weight excluding hydrogens is 236 g/mol. The van der Waals surface area contributed by atoms with Gasteiger partial charge in [0, 0.05) is 11.5 Å². The van der Waals surface area contributed by atoms with E-state index in [2.05, 4.69) is 23.8 Å². The van der Waals surface area contributed by atoms with Crippen LogP contribution in [-0.4, -0.2) is 16.1 Å². The number of ether oxygens (including phenoxy) is 1. The van der Waals surface area contributed by atoms with Crippen molar-refractivity contribution >= 4 is 11.6 Å². The largest absolute Gasteiger partial charge is 0.474 e. The number of hydrogen-bond acceptors (Lipinski definition) is 3. The number of nitrogens with zero attached hydrogens (tertiary/aromatic N) is 2. The molecule has 4 heteroatoms. The first-order valence-corrected chi connectivity index (χ1v) is 6.70. The van der Waals surface area contributed by atoms with Gasteiger partial charge >= 0.3 is 0 Å². The smallest absolute Gasteiger partial charge is 0.221 e. The summed E-state index contributed by atoms with van der Waals surface area (Å²) in [4.78, 5) is 8.82. The summed E-state index contributed by atoms with van der Waals surface area (Å²) in [5, 5.41) is 0.528. The van der Waals surface area contributed by atoms with E-state index >= 15 is 0 Å². The number of halogens is 1. The minimum Gasteiger partial charge on any atom is -0.474 e. The third-order valence-electron chi connectivity index (χ3n) is 3.01. The normalized spacial score (nSPS) is 16.9. The second-order valence-corrected chi connectivity index (χ2v) is 5.15. The van der Waals surface area contributed by atoms with E-state index in [1.54, 1.807) is 0 Å². The molecule has 0 amide bonds. The highest BCUT2D eigenvalue weighted by molar-refractivity contribution is 6.30. The van der Waals surface area contributed by atoms with Crippen molar-refractivity contribution in [3.8, 4) is 5.88 Å². The zero-order valence-corrected chi connectivity index (χ0v) is 11.4. The first-order valence-electron chi connectivity index (χ1n) is 6.32. The van der Waals surface area contributed by atoms with E-state index < -0.39 is 0 Å². The molecule has 1 aromatic rings. The van der Waals surface area contributed by atoms with Crippen LogP contribution in [0.3, 0.4) is 0 Å². The molecule has 0 spiro atoms. The van der Waals surface area contributed by atoms with Crippen LogP contribution in [0.2, 0.25) is 5.15 Å². The van der Waals surface area contributed by atoms with Gasteiger partial charge in [-0.1, -0.05) is 24.9 Å². The van der Waals surface area contributed by atoms with E-state index in [1.807, 2.05) is 6.92 Å². The van der Waals surface area contributed by atoms with Crippen LogP contribution >= 0.6 is 11.6 Å². The van der Waals surface area contributed by atoms with Crippen LogP contribution in [0.15, 0.2) is 0 Å². The van der Waals surface area contributed by atoms with Crippen LogP contribution in [-0.2, 0) is 0 Å². The molecule has 0 aromatic carbocycles. The van der Waals surface area contributed by atoms with Gasteiger partial charge in [0.25, 0.3) is 0 Å². The second-order valence-electron chi connectivity index (χ2n) is 4.79. The van der Waals surface area contributed by atoms with Gasteiger partial charge in [-0.2, -0.15) is 4.98 Å². The zero-order valence-electron chi connectivity index (χ0n) is 10.7. The maximum absolute atomic E-state index is 6.12. The summed E-state index contributed by atoms with van der Waals surface area (Å²) in [6.07, 6.45) is 4.65. The molecule has 0 bridgehead atoms. The minimum atomic E-state index is 0.178. The Labute approximate surface area is 108 Å². The SMILES string of the molecule is CCCC(C)Oc1nc(C2CC2)nc(Cl)c1C. The fraction of sp³-hybridized carbons (Fsp3) is 0.692. The molecule has 1 aliphatic carbocycles. The van der Waals surface area contributed by atoms with Crippen molar-refractivity contribution in [1.82, 2.24) is 9.97 Å². The Morgan fingerprint density at radius 1 is 1.41 bits per heavy atom. The molecule has 0 aliphatic heterocycles. The van der Waals surface area contributed by atoms with Gasteiger partial charge in [0.1, 0.15) is 11.0 Å². The van der Waals surface area contributed by atoms with Crippen LogP contribution in [0.4, 0.5) is 0 Å². The summed E-state index contributed by atoms with van der Waals surface area (Å²) in [7, 11) is 0. The summed E-state index contributed by atoms with van der Waals surface area (Å²) in [6, 6.07) is 0. The summed E-state index contributed by atoms with van der Waals surface area (Å²) in [5.41, 5.74) is 0.846. The third kappa shape index (κ3) is 3.09. The molecule has 1 aromatic heterocycles. The number of aromatic nitrogens is 2. The molecule has 1 aliphatic rings. The van der Waals surface area contributed by atoms with Crippen LogP contribution in [0.25, 0.3) is 0 Å². The summed E-state index contributed by atoms with van der Waals surface area (Å²) in [6.45, 7) is 6.12. The Morgan fingerprint density at radius 2 is 2.12 bits per heavy atom. The van der Waals surface area contributed by atoms with Crippen molar-refractivity contribution in [2.45, 2.75) is 58.5 Å². The highest BCUT2D eigenvalue weighted by Gasteiger charge is 2.28. The van der Waals surface area contributed by atoms with Crippen molar-refractivity contribution < 1.29 is 4.74 Å². The predicted molar refractivity (Wildman–Crippen MR) is 68.8 cm³/mol. The molecule has 1 heterocycles. The molecule has 1 unspecified atom stereocenters. The maximum atomic E-state index is 6.12. The molecule has 17 heavy (non-hydrogen) atoms. The van der Waals surface area contributed by atoms with Gasteiger partial charge in [-0.3, -0.25) is 0 Å². The molecule has 0 radical (unpaired) electrons. The van der Waals surface area contributed by atoms with Crippen LogP contribution in [0.5, 0.6) is 5.88 Å². The van der Waals surface area contributed by atoms with Gasteiger partial charge in [0.2, 0.25) is 5.88 Å². The van der Waals surface area contributed by atoms with Gasteiger partial charge in [0.05, 0.1) is 6.10 Å². The zero-order chi connectivity index (χ0) is 12.4. The molecule has 0 saturated heterocycles. The number of hydrogen-bond donors (Lipinski definition) is 0. The minimum absolute atomic E-state index is 0.178. The quantitative estimate of drug-likeness (QED) is 0.748. The molecule has 3 nitrogen and oxygen atoms in total. The number of rotatable bonds is 5. The van der Waals surface area contributed by atoms with E-state index in [4.69, 9.17) is 16.3 Å². The molecule has 94 valence electrons. The Balaban J connectivity index is 2.19. The first kappa shape index (κ1) is 12.6. The van der Waals surface area contributed by atoms with Crippen molar-refractivity contribution in [3.05, 3.63) is 16.5 Å². The average Bonchev–Trinajstić information content (AvgIpc) is 3.08. The summed E-state index contributed by atoms with van der Waals surface area (Å²) >= 11 is 6.12. The topological polar surface area (TPSA) is 35.0 Å². The van der Waals surface area contributed by atoms with Crippen molar-refractivity contribution in [3.63, 3.8) is 0 Å². The summed E-state index contributed by atoms with van der Waals surface area (Å²) < 4.78 is 5.85. The van der Waals surface area contributed by atoms with E-state index in [0.717, 1.165) is 24.2 Å². The van der Waals surface area contributed by atoms with E-state index in [1.165, 1.54) is 12.8 Å². The lowest BCUT2D eigenvalue weighted by molar-refractivity contribution is 0.199. The van der Waals surface area contributed by atoms with Gasteiger partial charge in [-0.15, -0.1) is 0 Å². The molecular formula is C13H19ClN2O. The molecule has 1 atom stereocenters. The highest BCUT2D eigenvalue weighted by atomic mass is 35.5. The van der Waals surface area contributed by atoms with Gasteiger partial charge in [-0.05, 0) is 33.1 Å². The second kappa shape index (κ2) is 5.21. The average molecular weight is 255 g/mol. The lowest BCUT2D eigenvalue weighted by atomic mass is 10.2. The Kier molecular flexibility index (Phi) is 3.87. The Bertz CT molecular complexity index is 405. The summed E-state index contributed by atoms with van der Waals surface area (Å²) in [5.74, 6) is 2.00. The Morgan fingerprint density at radius 3 is 2.71 bits per heavy atom. The monoisotopic (exact) mass is 254 g/mol. The van der Waals surface area contributed by atoms with Crippen LogP contribution in [0.1, 0.15) is 56.8 Å².